The van der Waals surface area contributed by atoms with E-state index in [0.29, 0.717) is 26.2 Å². The minimum Gasteiger partial charge on any atom is -0.492 e. The molecule has 116 valence electrons. The van der Waals surface area contributed by atoms with Crippen LogP contribution in [0.5, 0.6) is 5.75 Å². The zero-order valence-corrected chi connectivity index (χ0v) is 12.9. The van der Waals surface area contributed by atoms with Crippen molar-refractivity contribution in [1.82, 2.24) is 10.2 Å². The van der Waals surface area contributed by atoms with Gasteiger partial charge in [-0.2, -0.15) is 0 Å². The molecule has 0 saturated heterocycles. The van der Waals surface area contributed by atoms with Gasteiger partial charge in [0, 0.05) is 13.1 Å². The van der Waals surface area contributed by atoms with Crippen LogP contribution in [0, 0.1) is 0 Å². The first-order valence-corrected chi connectivity index (χ1v) is 7.54. The summed E-state index contributed by atoms with van der Waals surface area (Å²) in [5.74, 6) is 0.813. The van der Waals surface area contributed by atoms with Gasteiger partial charge in [-0.3, -0.25) is 0 Å². The Morgan fingerprint density at radius 3 is 2.32 bits per heavy atom. The Morgan fingerprint density at radius 2 is 1.68 bits per heavy atom. The third-order valence-corrected chi connectivity index (χ3v) is 3.28. The van der Waals surface area contributed by atoms with Crippen molar-refractivity contribution in [3.8, 4) is 5.75 Å². The van der Waals surface area contributed by atoms with E-state index in [1.165, 1.54) is 0 Å². The largest absolute Gasteiger partial charge is 0.492 e. The molecule has 1 N–H and O–H groups in total. The second-order valence-corrected chi connectivity index (χ2v) is 4.89. The van der Waals surface area contributed by atoms with Crippen LogP contribution in [-0.2, 0) is 6.54 Å². The van der Waals surface area contributed by atoms with Crippen molar-refractivity contribution in [2.24, 2.45) is 0 Å². The lowest BCUT2D eigenvalue weighted by Crippen LogP contribution is -2.40. The predicted molar refractivity (Wildman–Crippen MR) is 87.9 cm³/mol. The summed E-state index contributed by atoms with van der Waals surface area (Å²) < 4.78 is 5.55. The van der Waals surface area contributed by atoms with Crippen molar-refractivity contribution in [2.75, 3.05) is 19.7 Å². The highest BCUT2D eigenvalue weighted by molar-refractivity contribution is 5.74. The molecule has 0 spiro atoms. The summed E-state index contributed by atoms with van der Waals surface area (Å²) in [7, 11) is 0. The number of hydrogen-bond acceptors (Lipinski definition) is 2. The van der Waals surface area contributed by atoms with Crippen LogP contribution in [0.1, 0.15) is 12.5 Å². The van der Waals surface area contributed by atoms with Gasteiger partial charge in [0.15, 0.2) is 0 Å². The van der Waals surface area contributed by atoms with Crippen molar-refractivity contribution in [1.29, 1.82) is 0 Å². The normalized spacial score (nSPS) is 10.0. The Labute approximate surface area is 131 Å². The summed E-state index contributed by atoms with van der Waals surface area (Å²) in [6.45, 7) is 4.20. The van der Waals surface area contributed by atoms with Crippen LogP contribution in [-0.4, -0.2) is 30.6 Å². The fraction of sp³-hybridized carbons (Fsp3) is 0.278. The Hall–Kier alpha value is -2.49. The SMILES string of the molecule is CCN(Cc1ccccc1)C(=O)NCCOc1ccccc1. The molecule has 2 aromatic carbocycles. The number of hydrogen-bond donors (Lipinski definition) is 1. The van der Waals surface area contributed by atoms with Crippen molar-refractivity contribution in [3.63, 3.8) is 0 Å². The number of nitrogens with one attached hydrogen (secondary N) is 1. The van der Waals surface area contributed by atoms with Gasteiger partial charge in [0.05, 0.1) is 6.54 Å². The van der Waals surface area contributed by atoms with E-state index in [4.69, 9.17) is 4.74 Å². The molecule has 0 heterocycles. The quantitative estimate of drug-likeness (QED) is 0.797. The van der Waals surface area contributed by atoms with Gasteiger partial charge in [-0.15, -0.1) is 0 Å². The van der Waals surface area contributed by atoms with Gasteiger partial charge in [0.1, 0.15) is 12.4 Å². The molecule has 22 heavy (non-hydrogen) atoms. The lowest BCUT2D eigenvalue weighted by atomic mass is 10.2. The summed E-state index contributed by atoms with van der Waals surface area (Å²) in [5, 5.41) is 2.89. The number of nitrogens with zero attached hydrogens (tertiary/aromatic N) is 1. The number of carbonyl (C=O) groups excluding carboxylic acids is 1. The molecular weight excluding hydrogens is 276 g/mol. The number of para-hydroxylation sites is 1. The molecule has 4 nitrogen and oxygen atoms in total. The molecular formula is C18H22N2O2. The van der Waals surface area contributed by atoms with Crippen molar-refractivity contribution >= 4 is 6.03 Å². The van der Waals surface area contributed by atoms with Crippen molar-refractivity contribution in [2.45, 2.75) is 13.5 Å². The molecule has 0 saturated carbocycles. The highest BCUT2D eigenvalue weighted by atomic mass is 16.5. The Balaban J connectivity index is 1.73. The molecule has 0 aliphatic carbocycles. The van der Waals surface area contributed by atoms with Crippen LogP contribution in [0.15, 0.2) is 60.7 Å². The number of benzene rings is 2. The Bertz CT molecular complexity index is 558. The smallest absolute Gasteiger partial charge is 0.317 e. The van der Waals surface area contributed by atoms with E-state index in [9.17, 15) is 4.79 Å². The van der Waals surface area contributed by atoms with E-state index < -0.39 is 0 Å². The highest BCUT2D eigenvalue weighted by Crippen LogP contribution is 2.07. The molecule has 0 aromatic heterocycles. The number of rotatable bonds is 7. The molecule has 2 amide bonds. The van der Waals surface area contributed by atoms with Crippen LogP contribution in [0.2, 0.25) is 0 Å². The zero-order valence-electron chi connectivity index (χ0n) is 12.9. The summed E-state index contributed by atoms with van der Waals surface area (Å²) in [4.78, 5) is 13.9. The molecule has 2 aromatic rings. The zero-order chi connectivity index (χ0) is 15.6. The van der Waals surface area contributed by atoms with Gasteiger partial charge in [0.2, 0.25) is 0 Å². The van der Waals surface area contributed by atoms with E-state index in [-0.39, 0.29) is 6.03 Å². The average molecular weight is 298 g/mol. The van der Waals surface area contributed by atoms with Crippen LogP contribution in [0.4, 0.5) is 4.79 Å². The second-order valence-electron chi connectivity index (χ2n) is 4.89. The standard InChI is InChI=1S/C18H22N2O2/c1-2-20(15-16-9-5-3-6-10-16)18(21)19-13-14-22-17-11-7-4-8-12-17/h3-12H,2,13-15H2,1H3,(H,19,21). The fourth-order valence-corrected chi connectivity index (χ4v) is 2.09. The van der Waals surface area contributed by atoms with Gasteiger partial charge >= 0.3 is 6.03 Å². The number of amides is 2. The van der Waals surface area contributed by atoms with E-state index in [0.717, 1.165) is 11.3 Å². The Kier molecular flexibility index (Phi) is 6.30. The third kappa shape index (κ3) is 5.13. The van der Waals surface area contributed by atoms with Crippen LogP contribution >= 0.6 is 0 Å². The van der Waals surface area contributed by atoms with Crippen LogP contribution in [0.3, 0.4) is 0 Å². The maximum Gasteiger partial charge on any atom is 0.317 e. The van der Waals surface area contributed by atoms with E-state index in [1.807, 2.05) is 67.6 Å². The maximum atomic E-state index is 12.1. The van der Waals surface area contributed by atoms with Gasteiger partial charge < -0.3 is 15.0 Å². The molecule has 0 radical (unpaired) electrons. The average Bonchev–Trinajstić information content (AvgIpc) is 2.58. The van der Waals surface area contributed by atoms with Crippen molar-refractivity contribution in [3.05, 3.63) is 66.2 Å². The Morgan fingerprint density at radius 1 is 1.05 bits per heavy atom. The second kappa shape index (κ2) is 8.72. The summed E-state index contributed by atoms with van der Waals surface area (Å²) >= 11 is 0. The summed E-state index contributed by atoms with van der Waals surface area (Å²) in [6, 6.07) is 19.5. The summed E-state index contributed by atoms with van der Waals surface area (Å²) in [5.41, 5.74) is 1.13. The monoisotopic (exact) mass is 298 g/mol. The molecule has 0 atom stereocenters. The first kappa shape index (κ1) is 15.9. The van der Waals surface area contributed by atoms with E-state index in [2.05, 4.69) is 5.32 Å². The summed E-state index contributed by atoms with van der Waals surface area (Å²) in [6.07, 6.45) is 0. The topological polar surface area (TPSA) is 41.6 Å². The molecule has 2 rings (SSSR count). The van der Waals surface area contributed by atoms with Crippen molar-refractivity contribution < 1.29 is 9.53 Å². The van der Waals surface area contributed by atoms with Gasteiger partial charge in [-0.25, -0.2) is 4.79 Å². The fourth-order valence-electron chi connectivity index (χ4n) is 2.09. The lowest BCUT2D eigenvalue weighted by Gasteiger charge is -2.21. The lowest BCUT2D eigenvalue weighted by molar-refractivity contribution is 0.195. The number of urea groups is 1. The minimum absolute atomic E-state index is 0.0667. The predicted octanol–water partition coefficient (Wildman–Crippen LogP) is 3.30. The van der Waals surface area contributed by atoms with Crippen LogP contribution < -0.4 is 10.1 Å². The number of carbonyl (C=O) groups is 1. The molecule has 0 aliphatic rings. The highest BCUT2D eigenvalue weighted by Gasteiger charge is 2.11. The first-order valence-electron chi connectivity index (χ1n) is 7.54. The number of ether oxygens (including phenoxy) is 1. The van der Waals surface area contributed by atoms with Gasteiger partial charge in [-0.1, -0.05) is 48.5 Å². The minimum atomic E-state index is -0.0667. The molecule has 0 unspecified atom stereocenters. The van der Waals surface area contributed by atoms with E-state index >= 15 is 0 Å². The third-order valence-electron chi connectivity index (χ3n) is 3.28. The van der Waals surface area contributed by atoms with Gasteiger partial charge in [-0.05, 0) is 24.6 Å². The van der Waals surface area contributed by atoms with Gasteiger partial charge in [0.25, 0.3) is 0 Å². The first-order chi connectivity index (χ1) is 10.8. The molecule has 4 heteroatoms. The van der Waals surface area contributed by atoms with Crippen LogP contribution in [0.25, 0.3) is 0 Å². The van der Waals surface area contributed by atoms with E-state index in [1.54, 1.807) is 4.90 Å². The molecule has 0 aliphatic heterocycles. The molecule has 0 bridgehead atoms. The maximum absolute atomic E-state index is 12.1. The molecule has 0 fully saturated rings.